The normalized spacial score (nSPS) is 10.7. The summed E-state index contributed by atoms with van der Waals surface area (Å²) in [4.78, 5) is 16.5. The van der Waals surface area contributed by atoms with E-state index in [0.29, 0.717) is 46.9 Å². The fourth-order valence-corrected chi connectivity index (χ4v) is 3.42. The molecule has 172 valence electrons. The van der Waals surface area contributed by atoms with Crippen LogP contribution in [-0.2, 0) is 6.42 Å². The number of hydrogen-bond acceptors (Lipinski definition) is 9. The molecule has 0 spiro atoms. The summed E-state index contributed by atoms with van der Waals surface area (Å²) >= 11 is 0. The molecular formula is C23H26N6O4. The van der Waals surface area contributed by atoms with Gasteiger partial charge in [-0.2, -0.15) is 9.97 Å². The first-order valence-electron chi connectivity index (χ1n) is 10.3. The smallest absolute Gasteiger partial charge is 0.231 e. The van der Waals surface area contributed by atoms with Gasteiger partial charge < -0.3 is 34.6 Å². The van der Waals surface area contributed by atoms with Crippen molar-refractivity contribution in [2.24, 2.45) is 0 Å². The van der Waals surface area contributed by atoms with E-state index >= 15 is 0 Å². The number of ether oxygens (including phenoxy) is 4. The number of H-pyrrole nitrogens is 1. The van der Waals surface area contributed by atoms with Gasteiger partial charge in [-0.25, -0.2) is 4.98 Å². The minimum Gasteiger partial charge on any atom is -0.497 e. The molecule has 0 aliphatic heterocycles. The summed E-state index contributed by atoms with van der Waals surface area (Å²) in [6.45, 7) is 0.682. The lowest BCUT2D eigenvalue weighted by Gasteiger charge is -2.15. The van der Waals surface area contributed by atoms with Crippen molar-refractivity contribution >= 4 is 28.6 Å². The molecule has 2 aromatic carbocycles. The Bertz CT molecular complexity index is 1200. The maximum Gasteiger partial charge on any atom is 0.231 e. The van der Waals surface area contributed by atoms with Crippen molar-refractivity contribution in [2.45, 2.75) is 6.42 Å². The minimum absolute atomic E-state index is 0.385. The number of benzene rings is 2. The van der Waals surface area contributed by atoms with Gasteiger partial charge in [0.1, 0.15) is 11.3 Å². The average Bonchev–Trinajstić information content (AvgIpc) is 3.32. The minimum atomic E-state index is 0.385. The fourth-order valence-electron chi connectivity index (χ4n) is 3.42. The molecule has 4 aromatic rings. The summed E-state index contributed by atoms with van der Waals surface area (Å²) in [6.07, 6.45) is 2.41. The first-order chi connectivity index (χ1) is 16.1. The van der Waals surface area contributed by atoms with Crippen LogP contribution in [0.2, 0.25) is 0 Å². The summed E-state index contributed by atoms with van der Waals surface area (Å²) in [5.74, 6) is 3.44. The van der Waals surface area contributed by atoms with Gasteiger partial charge in [0.05, 0.1) is 34.8 Å². The van der Waals surface area contributed by atoms with E-state index in [1.807, 2.05) is 24.3 Å². The SMILES string of the molecule is COc1ccc(CCNc2nc(Nc3cc(OC)c(OC)c(OC)c3)nc3nc[nH]c23)cc1. The Morgan fingerprint density at radius 2 is 1.61 bits per heavy atom. The third-order valence-corrected chi connectivity index (χ3v) is 5.07. The highest BCUT2D eigenvalue weighted by Crippen LogP contribution is 2.40. The lowest BCUT2D eigenvalue weighted by atomic mass is 10.1. The van der Waals surface area contributed by atoms with Crippen LogP contribution >= 0.6 is 0 Å². The quantitative estimate of drug-likeness (QED) is 0.332. The molecular weight excluding hydrogens is 424 g/mol. The van der Waals surface area contributed by atoms with Crippen LogP contribution in [0.4, 0.5) is 17.5 Å². The Balaban J connectivity index is 1.54. The highest BCUT2D eigenvalue weighted by Gasteiger charge is 2.15. The van der Waals surface area contributed by atoms with E-state index in [1.54, 1.807) is 46.9 Å². The van der Waals surface area contributed by atoms with E-state index in [4.69, 9.17) is 18.9 Å². The first kappa shape index (κ1) is 22.0. The van der Waals surface area contributed by atoms with Gasteiger partial charge in [-0.3, -0.25) is 0 Å². The summed E-state index contributed by atoms with van der Waals surface area (Å²) in [6, 6.07) is 11.6. The highest BCUT2D eigenvalue weighted by atomic mass is 16.5. The second-order valence-corrected chi connectivity index (χ2v) is 7.06. The van der Waals surface area contributed by atoms with Crippen molar-refractivity contribution < 1.29 is 18.9 Å². The number of nitrogens with one attached hydrogen (secondary N) is 3. The zero-order valence-corrected chi connectivity index (χ0v) is 18.9. The number of hydrogen-bond donors (Lipinski definition) is 3. The Labute approximate surface area is 191 Å². The Hall–Kier alpha value is -4.21. The van der Waals surface area contributed by atoms with Crippen LogP contribution in [0.15, 0.2) is 42.7 Å². The standard InChI is InChI=1S/C23H26N6O4/c1-30-16-7-5-14(6-8-16)9-10-24-21-19-22(26-13-25-19)29-23(28-21)27-15-11-17(31-2)20(33-4)18(12-15)32-3/h5-8,11-13H,9-10H2,1-4H3,(H3,24,25,26,27,28,29). The van der Waals surface area contributed by atoms with Crippen LogP contribution in [0.3, 0.4) is 0 Å². The molecule has 0 atom stereocenters. The van der Waals surface area contributed by atoms with Gasteiger partial charge >= 0.3 is 0 Å². The molecule has 4 rings (SSSR count). The van der Waals surface area contributed by atoms with Crippen molar-refractivity contribution in [3.05, 3.63) is 48.3 Å². The number of methoxy groups -OCH3 is 4. The highest BCUT2D eigenvalue weighted by molar-refractivity contribution is 5.84. The lowest BCUT2D eigenvalue weighted by Crippen LogP contribution is -2.09. The molecule has 0 saturated carbocycles. The molecule has 0 unspecified atom stereocenters. The Morgan fingerprint density at radius 1 is 0.879 bits per heavy atom. The number of anilines is 3. The fraction of sp³-hybridized carbons (Fsp3) is 0.261. The van der Waals surface area contributed by atoms with Gasteiger partial charge in [-0.15, -0.1) is 0 Å². The molecule has 33 heavy (non-hydrogen) atoms. The second-order valence-electron chi connectivity index (χ2n) is 7.06. The molecule has 0 aliphatic rings. The van der Waals surface area contributed by atoms with Gasteiger partial charge in [0.2, 0.25) is 11.7 Å². The molecule has 0 fully saturated rings. The van der Waals surface area contributed by atoms with Crippen LogP contribution in [0, 0.1) is 0 Å². The Morgan fingerprint density at radius 3 is 2.24 bits per heavy atom. The monoisotopic (exact) mass is 450 g/mol. The molecule has 3 N–H and O–H groups in total. The zero-order chi connectivity index (χ0) is 23.2. The van der Waals surface area contributed by atoms with Crippen LogP contribution in [0.5, 0.6) is 23.0 Å². The van der Waals surface area contributed by atoms with Gasteiger partial charge in [0.15, 0.2) is 23.0 Å². The van der Waals surface area contributed by atoms with E-state index in [0.717, 1.165) is 17.7 Å². The summed E-state index contributed by atoms with van der Waals surface area (Å²) < 4.78 is 21.4. The maximum absolute atomic E-state index is 5.42. The van der Waals surface area contributed by atoms with E-state index in [9.17, 15) is 0 Å². The summed E-state index contributed by atoms with van der Waals surface area (Å²) in [5.41, 5.74) is 3.16. The van der Waals surface area contributed by atoms with Gasteiger partial charge in [-0.1, -0.05) is 12.1 Å². The second kappa shape index (κ2) is 9.94. The summed E-state index contributed by atoms with van der Waals surface area (Å²) in [5, 5.41) is 6.58. The molecule has 0 radical (unpaired) electrons. The van der Waals surface area contributed by atoms with Crippen LogP contribution in [0.25, 0.3) is 11.2 Å². The molecule has 0 bridgehead atoms. The first-order valence-corrected chi connectivity index (χ1v) is 10.3. The van der Waals surface area contributed by atoms with E-state index in [1.165, 1.54) is 5.56 Å². The van der Waals surface area contributed by atoms with E-state index < -0.39 is 0 Å². The molecule has 0 saturated heterocycles. The number of rotatable bonds is 10. The van der Waals surface area contributed by atoms with Crippen molar-refractivity contribution in [1.82, 2.24) is 19.9 Å². The van der Waals surface area contributed by atoms with Crippen molar-refractivity contribution in [2.75, 3.05) is 45.6 Å². The average molecular weight is 450 g/mol. The predicted molar refractivity (Wildman–Crippen MR) is 126 cm³/mol. The third kappa shape index (κ3) is 4.84. The Kier molecular flexibility index (Phi) is 6.63. The van der Waals surface area contributed by atoms with Gasteiger partial charge in [0, 0.05) is 24.4 Å². The number of imidazole rings is 1. The van der Waals surface area contributed by atoms with Gasteiger partial charge in [-0.05, 0) is 24.1 Å². The van der Waals surface area contributed by atoms with E-state index in [2.05, 4.69) is 30.6 Å². The lowest BCUT2D eigenvalue weighted by molar-refractivity contribution is 0.324. The van der Waals surface area contributed by atoms with E-state index in [-0.39, 0.29) is 0 Å². The van der Waals surface area contributed by atoms with Crippen molar-refractivity contribution in [3.63, 3.8) is 0 Å². The van der Waals surface area contributed by atoms with Gasteiger partial charge in [0.25, 0.3) is 0 Å². The molecule has 0 amide bonds. The maximum atomic E-state index is 5.42. The number of aromatic nitrogens is 4. The molecule has 2 heterocycles. The van der Waals surface area contributed by atoms with Crippen LogP contribution in [-0.4, -0.2) is 54.9 Å². The zero-order valence-electron chi connectivity index (χ0n) is 18.9. The van der Waals surface area contributed by atoms with Crippen LogP contribution in [0.1, 0.15) is 5.56 Å². The molecule has 0 aliphatic carbocycles. The molecule has 10 nitrogen and oxygen atoms in total. The predicted octanol–water partition coefficient (Wildman–Crippen LogP) is 3.79. The molecule has 10 heteroatoms. The van der Waals surface area contributed by atoms with Crippen LogP contribution < -0.4 is 29.6 Å². The van der Waals surface area contributed by atoms with Crippen molar-refractivity contribution in [1.29, 1.82) is 0 Å². The number of nitrogens with zero attached hydrogens (tertiary/aromatic N) is 3. The number of fused-ring (bicyclic) bond motifs is 1. The molecule has 2 aromatic heterocycles. The number of aromatic amines is 1. The topological polar surface area (TPSA) is 115 Å². The third-order valence-electron chi connectivity index (χ3n) is 5.07. The largest absolute Gasteiger partial charge is 0.497 e. The van der Waals surface area contributed by atoms with Crippen molar-refractivity contribution in [3.8, 4) is 23.0 Å². The summed E-state index contributed by atoms with van der Waals surface area (Å²) in [7, 11) is 6.35.